The maximum absolute atomic E-state index is 2.63. The molecule has 0 aliphatic carbocycles. The molecule has 0 saturated heterocycles. The lowest BCUT2D eigenvalue weighted by molar-refractivity contribution is 0.182. The Morgan fingerprint density at radius 1 is 1.13 bits per heavy atom. The zero-order valence-electron chi connectivity index (χ0n) is 9.87. The van der Waals surface area contributed by atoms with Crippen molar-refractivity contribution in [2.45, 2.75) is 52.2 Å². The highest BCUT2D eigenvalue weighted by atomic mass is 15.2. The van der Waals surface area contributed by atoms with Crippen molar-refractivity contribution in [2.75, 3.05) is 0 Å². The fourth-order valence-corrected chi connectivity index (χ4v) is 2.60. The molecule has 1 aromatic rings. The molecule has 0 saturated carbocycles. The van der Waals surface area contributed by atoms with E-state index in [2.05, 4.69) is 43.0 Å². The summed E-state index contributed by atoms with van der Waals surface area (Å²) in [6, 6.07) is 9.64. The summed E-state index contributed by atoms with van der Waals surface area (Å²) in [5.41, 5.74) is 3.07. The molecular weight excluding hydrogens is 182 g/mol. The molecule has 82 valence electrons. The second-order valence-corrected chi connectivity index (χ2v) is 4.52. The molecule has 0 amide bonds. The molecular formula is C14H21N. The highest BCUT2D eigenvalue weighted by molar-refractivity contribution is 5.30. The lowest BCUT2D eigenvalue weighted by atomic mass is 10.1. The third kappa shape index (κ3) is 2.23. The number of hydrogen-bond donors (Lipinski definition) is 0. The SMILES string of the molecule is CCCC(CC)N1Cc2ccccc2C1. The molecule has 1 aliphatic rings. The molecule has 0 bridgehead atoms. The van der Waals surface area contributed by atoms with Crippen LogP contribution >= 0.6 is 0 Å². The van der Waals surface area contributed by atoms with E-state index >= 15 is 0 Å². The van der Waals surface area contributed by atoms with E-state index in [1.807, 2.05) is 0 Å². The average molecular weight is 203 g/mol. The molecule has 1 heterocycles. The molecule has 0 spiro atoms. The van der Waals surface area contributed by atoms with Gasteiger partial charge in [0.15, 0.2) is 0 Å². The molecule has 1 unspecified atom stereocenters. The van der Waals surface area contributed by atoms with Crippen molar-refractivity contribution in [3.05, 3.63) is 35.4 Å². The topological polar surface area (TPSA) is 3.24 Å². The van der Waals surface area contributed by atoms with Gasteiger partial charge in [0.1, 0.15) is 0 Å². The quantitative estimate of drug-likeness (QED) is 0.723. The highest BCUT2D eigenvalue weighted by Crippen LogP contribution is 2.26. The van der Waals surface area contributed by atoms with Crippen LogP contribution < -0.4 is 0 Å². The van der Waals surface area contributed by atoms with E-state index in [1.54, 1.807) is 0 Å². The van der Waals surface area contributed by atoms with E-state index in [9.17, 15) is 0 Å². The van der Waals surface area contributed by atoms with Gasteiger partial charge >= 0.3 is 0 Å². The van der Waals surface area contributed by atoms with Crippen molar-refractivity contribution >= 4 is 0 Å². The lowest BCUT2D eigenvalue weighted by Gasteiger charge is -2.25. The van der Waals surface area contributed by atoms with Gasteiger partial charge in [-0.05, 0) is 24.0 Å². The Morgan fingerprint density at radius 2 is 1.73 bits per heavy atom. The summed E-state index contributed by atoms with van der Waals surface area (Å²) in [6.45, 7) is 6.92. The minimum Gasteiger partial charge on any atom is -0.292 e. The summed E-state index contributed by atoms with van der Waals surface area (Å²) >= 11 is 0. The Morgan fingerprint density at radius 3 is 2.20 bits per heavy atom. The van der Waals surface area contributed by atoms with Gasteiger partial charge in [-0.25, -0.2) is 0 Å². The second kappa shape index (κ2) is 4.80. The first kappa shape index (κ1) is 10.7. The van der Waals surface area contributed by atoms with Crippen LogP contribution in [0.25, 0.3) is 0 Å². The van der Waals surface area contributed by atoms with Gasteiger partial charge in [-0.15, -0.1) is 0 Å². The van der Waals surface area contributed by atoms with Crippen LogP contribution in [-0.2, 0) is 13.1 Å². The van der Waals surface area contributed by atoms with Crippen LogP contribution in [0.4, 0.5) is 0 Å². The van der Waals surface area contributed by atoms with Crippen molar-refractivity contribution in [2.24, 2.45) is 0 Å². The number of benzene rings is 1. The summed E-state index contributed by atoms with van der Waals surface area (Å²) in [5, 5.41) is 0. The summed E-state index contributed by atoms with van der Waals surface area (Å²) in [5.74, 6) is 0. The number of rotatable bonds is 4. The average Bonchev–Trinajstić information content (AvgIpc) is 2.69. The summed E-state index contributed by atoms with van der Waals surface area (Å²) in [7, 11) is 0. The summed E-state index contributed by atoms with van der Waals surface area (Å²) < 4.78 is 0. The Balaban J connectivity index is 2.05. The molecule has 1 nitrogen and oxygen atoms in total. The highest BCUT2D eigenvalue weighted by Gasteiger charge is 2.23. The first-order valence-corrected chi connectivity index (χ1v) is 6.16. The van der Waals surface area contributed by atoms with Crippen LogP contribution in [0.2, 0.25) is 0 Å². The Hall–Kier alpha value is -0.820. The predicted molar refractivity (Wildman–Crippen MR) is 64.7 cm³/mol. The molecule has 0 N–H and O–H groups in total. The van der Waals surface area contributed by atoms with E-state index in [0.717, 1.165) is 19.1 Å². The van der Waals surface area contributed by atoms with Gasteiger partial charge in [0, 0.05) is 19.1 Å². The normalized spacial score (nSPS) is 17.7. The summed E-state index contributed by atoms with van der Waals surface area (Å²) in [6.07, 6.45) is 3.91. The Bertz CT molecular complexity index is 294. The largest absolute Gasteiger partial charge is 0.292 e. The predicted octanol–water partition coefficient (Wildman–Crippen LogP) is 3.58. The van der Waals surface area contributed by atoms with Gasteiger partial charge in [0.25, 0.3) is 0 Å². The van der Waals surface area contributed by atoms with Crippen molar-refractivity contribution in [1.82, 2.24) is 4.90 Å². The minimum atomic E-state index is 0.780. The zero-order chi connectivity index (χ0) is 10.7. The van der Waals surface area contributed by atoms with Crippen molar-refractivity contribution < 1.29 is 0 Å². The first-order chi connectivity index (χ1) is 7.35. The van der Waals surface area contributed by atoms with Crippen LogP contribution in [0.1, 0.15) is 44.2 Å². The molecule has 15 heavy (non-hydrogen) atoms. The fraction of sp³-hybridized carbons (Fsp3) is 0.571. The molecule has 0 fully saturated rings. The monoisotopic (exact) mass is 203 g/mol. The standard InChI is InChI=1S/C14H21N/c1-3-7-14(4-2)15-10-12-8-5-6-9-13(12)11-15/h5-6,8-9,14H,3-4,7,10-11H2,1-2H3. The molecule has 2 rings (SSSR count). The maximum atomic E-state index is 2.63. The fourth-order valence-electron chi connectivity index (χ4n) is 2.60. The van der Waals surface area contributed by atoms with E-state index in [1.165, 1.54) is 30.4 Å². The third-order valence-corrected chi connectivity index (χ3v) is 3.47. The maximum Gasteiger partial charge on any atom is 0.0243 e. The zero-order valence-corrected chi connectivity index (χ0v) is 9.87. The lowest BCUT2D eigenvalue weighted by Crippen LogP contribution is -2.29. The molecule has 1 aromatic carbocycles. The summed E-state index contributed by atoms with van der Waals surface area (Å²) in [4.78, 5) is 2.63. The van der Waals surface area contributed by atoms with Gasteiger partial charge < -0.3 is 0 Å². The van der Waals surface area contributed by atoms with Crippen molar-refractivity contribution in [1.29, 1.82) is 0 Å². The van der Waals surface area contributed by atoms with Gasteiger partial charge in [0.05, 0.1) is 0 Å². The van der Waals surface area contributed by atoms with Crippen LogP contribution in [0, 0.1) is 0 Å². The Kier molecular flexibility index (Phi) is 3.42. The van der Waals surface area contributed by atoms with Crippen LogP contribution in [0.5, 0.6) is 0 Å². The van der Waals surface area contributed by atoms with Gasteiger partial charge in [-0.3, -0.25) is 4.90 Å². The number of fused-ring (bicyclic) bond motifs is 1. The molecule has 1 heteroatoms. The molecule has 1 atom stereocenters. The van der Waals surface area contributed by atoms with Crippen molar-refractivity contribution in [3.8, 4) is 0 Å². The smallest absolute Gasteiger partial charge is 0.0243 e. The van der Waals surface area contributed by atoms with E-state index in [-0.39, 0.29) is 0 Å². The second-order valence-electron chi connectivity index (χ2n) is 4.52. The number of nitrogens with zero attached hydrogens (tertiary/aromatic N) is 1. The third-order valence-electron chi connectivity index (χ3n) is 3.47. The van der Waals surface area contributed by atoms with Gasteiger partial charge in [0.2, 0.25) is 0 Å². The van der Waals surface area contributed by atoms with Crippen molar-refractivity contribution in [3.63, 3.8) is 0 Å². The van der Waals surface area contributed by atoms with Gasteiger partial charge in [-0.2, -0.15) is 0 Å². The van der Waals surface area contributed by atoms with E-state index in [0.29, 0.717) is 0 Å². The van der Waals surface area contributed by atoms with Gasteiger partial charge in [-0.1, -0.05) is 44.5 Å². The van der Waals surface area contributed by atoms with E-state index in [4.69, 9.17) is 0 Å². The molecule has 0 radical (unpaired) electrons. The Labute approximate surface area is 93.1 Å². The molecule has 0 aromatic heterocycles. The first-order valence-electron chi connectivity index (χ1n) is 6.16. The number of hydrogen-bond acceptors (Lipinski definition) is 1. The van der Waals surface area contributed by atoms with Crippen LogP contribution in [-0.4, -0.2) is 10.9 Å². The van der Waals surface area contributed by atoms with E-state index < -0.39 is 0 Å². The van der Waals surface area contributed by atoms with Crippen LogP contribution in [0.15, 0.2) is 24.3 Å². The minimum absolute atomic E-state index is 0.780. The van der Waals surface area contributed by atoms with Crippen LogP contribution in [0.3, 0.4) is 0 Å². The molecule has 1 aliphatic heterocycles.